The molecule has 0 spiro atoms. The molecule has 5 aromatic rings. The maximum absolute atomic E-state index is 14.7. The largest absolute Gasteiger partial charge is 0.480 e. The van der Waals surface area contributed by atoms with Crippen molar-refractivity contribution in [2.45, 2.75) is 13.0 Å². The molecule has 38 heavy (non-hydrogen) atoms. The van der Waals surface area contributed by atoms with Crippen LogP contribution in [0.1, 0.15) is 17.5 Å². The first-order valence-electron chi connectivity index (χ1n) is 12.5. The number of rotatable bonds is 6. The summed E-state index contributed by atoms with van der Waals surface area (Å²) in [6.45, 7) is 2.84. The second kappa shape index (κ2) is 10.2. The van der Waals surface area contributed by atoms with Gasteiger partial charge in [-0.2, -0.15) is 5.10 Å². The minimum atomic E-state index is -0.697. The molecular weight excluding hydrogens is 482 g/mol. The molecule has 3 heterocycles. The van der Waals surface area contributed by atoms with Gasteiger partial charge >= 0.3 is 0 Å². The van der Waals surface area contributed by atoms with Gasteiger partial charge < -0.3 is 4.74 Å². The fraction of sp³-hybridized carbons (Fsp3) is 0.161. The molecule has 7 heteroatoms. The third-order valence-electron chi connectivity index (χ3n) is 6.97. The molecule has 0 fully saturated rings. The van der Waals surface area contributed by atoms with E-state index in [1.807, 2.05) is 18.2 Å². The quantitative estimate of drug-likeness (QED) is 0.257. The first-order valence-corrected chi connectivity index (χ1v) is 12.5. The van der Waals surface area contributed by atoms with Crippen molar-refractivity contribution >= 4 is 16.5 Å². The lowest BCUT2D eigenvalue weighted by Gasteiger charge is -2.26. The van der Waals surface area contributed by atoms with Gasteiger partial charge in [-0.05, 0) is 41.3 Å². The summed E-state index contributed by atoms with van der Waals surface area (Å²) in [6.07, 6.45) is 4.80. The average Bonchev–Trinajstić information content (AvgIpc) is 3.34. The molecule has 0 atom stereocenters. The van der Waals surface area contributed by atoms with Crippen LogP contribution >= 0.6 is 0 Å². The number of benzene rings is 3. The second-order valence-electron chi connectivity index (χ2n) is 9.32. The Morgan fingerprint density at radius 2 is 1.61 bits per heavy atom. The van der Waals surface area contributed by atoms with Crippen LogP contribution in [0.2, 0.25) is 0 Å². The third-order valence-corrected chi connectivity index (χ3v) is 6.97. The van der Waals surface area contributed by atoms with Gasteiger partial charge in [-0.1, -0.05) is 66.7 Å². The fourth-order valence-corrected chi connectivity index (χ4v) is 5.06. The Balaban J connectivity index is 1.32. The number of halogens is 2. The molecule has 0 bridgehead atoms. The van der Waals surface area contributed by atoms with Gasteiger partial charge in [0.15, 0.2) is 11.6 Å². The highest BCUT2D eigenvalue weighted by Gasteiger charge is 2.22. The first kappa shape index (κ1) is 24.0. The highest BCUT2D eigenvalue weighted by molar-refractivity contribution is 5.98. The summed E-state index contributed by atoms with van der Waals surface area (Å²) in [5, 5.41) is 5.24. The smallest absolute Gasteiger partial charge is 0.224 e. The molecule has 1 aliphatic heterocycles. The summed E-state index contributed by atoms with van der Waals surface area (Å²) in [5.74, 6) is -1.05. The number of para-hydroxylation sites is 1. The van der Waals surface area contributed by atoms with Gasteiger partial charge in [-0.25, -0.2) is 18.4 Å². The van der Waals surface area contributed by atoms with Crippen molar-refractivity contribution in [3.8, 4) is 22.8 Å². The van der Waals surface area contributed by atoms with E-state index in [0.717, 1.165) is 37.2 Å². The normalized spacial score (nSPS) is 14.0. The highest BCUT2D eigenvalue weighted by Crippen LogP contribution is 2.36. The number of methoxy groups -OCH3 is 1. The maximum Gasteiger partial charge on any atom is 0.224 e. The Morgan fingerprint density at radius 3 is 2.29 bits per heavy atom. The zero-order valence-corrected chi connectivity index (χ0v) is 20.9. The van der Waals surface area contributed by atoms with E-state index in [4.69, 9.17) is 4.74 Å². The molecule has 6 rings (SSSR count). The predicted molar refractivity (Wildman–Crippen MR) is 145 cm³/mol. The zero-order chi connectivity index (χ0) is 26.1. The van der Waals surface area contributed by atoms with Gasteiger partial charge in [0.05, 0.1) is 18.0 Å². The lowest BCUT2D eigenvalue weighted by molar-refractivity contribution is 0.294. The molecule has 190 valence electrons. The second-order valence-corrected chi connectivity index (χ2v) is 9.32. The van der Waals surface area contributed by atoms with Crippen molar-refractivity contribution in [3.05, 3.63) is 114 Å². The topological polar surface area (TPSA) is 43.2 Å². The van der Waals surface area contributed by atoms with Gasteiger partial charge in [-0.15, -0.1) is 0 Å². The van der Waals surface area contributed by atoms with Crippen molar-refractivity contribution in [2.75, 3.05) is 20.2 Å². The molecule has 3 aromatic carbocycles. The van der Waals surface area contributed by atoms with Gasteiger partial charge in [0.2, 0.25) is 5.88 Å². The maximum atomic E-state index is 14.7. The lowest BCUT2D eigenvalue weighted by Crippen LogP contribution is -2.27. The zero-order valence-electron chi connectivity index (χ0n) is 20.9. The molecule has 0 radical (unpaired) electrons. The van der Waals surface area contributed by atoms with Crippen LogP contribution in [0.3, 0.4) is 0 Å². The van der Waals surface area contributed by atoms with E-state index in [9.17, 15) is 8.78 Å². The van der Waals surface area contributed by atoms with Crippen molar-refractivity contribution in [1.82, 2.24) is 19.7 Å². The van der Waals surface area contributed by atoms with Crippen LogP contribution in [0, 0.1) is 11.6 Å². The fourth-order valence-electron chi connectivity index (χ4n) is 5.06. The number of aromatic nitrogens is 3. The van der Waals surface area contributed by atoms with Crippen LogP contribution in [0.25, 0.3) is 33.4 Å². The molecule has 0 N–H and O–H groups in total. The third kappa shape index (κ3) is 4.46. The van der Waals surface area contributed by atoms with Crippen LogP contribution < -0.4 is 4.74 Å². The Hall–Kier alpha value is -4.36. The number of nitrogens with zero attached hydrogens (tertiary/aromatic N) is 4. The van der Waals surface area contributed by atoms with Crippen LogP contribution in [-0.4, -0.2) is 39.9 Å². The van der Waals surface area contributed by atoms with Crippen LogP contribution in [-0.2, 0) is 6.54 Å². The van der Waals surface area contributed by atoms with Crippen LogP contribution in [0.5, 0.6) is 5.88 Å². The Bertz CT molecular complexity index is 1610. The monoisotopic (exact) mass is 508 g/mol. The standard InChI is InChI=1S/C31H26F2N4O/c1-38-31-28-27(14-17-34-31)37(30-25(32)8-5-9-26(30)33)35-29(28)24-12-10-22(11-13-24)23-15-18-36(19-16-23)20-21-6-3-2-4-7-21/h2-15,17H,16,18-20H2,1H3. The van der Waals surface area contributed by atoms with Crippen molar-refractivity contribution in [1.29, 1.82) is 0 Å². The summed E-state index contributed by atoms with van der Waals surface area (Å²) < 4.78 is 36.2. The number of hydrogen-bond acceptors (Lipinski definition) is 4. The summed E-state index contributed by atoms with van der Waals surface area (Å²) in [7, 11) is 1.52. The number of ether oxygens (including phenoxy) is 1. The van der Waals surface area contributed by atoms with E-state index in [0.29, 0.717) is 22.5 Å². The van der Waals surface area contributed by atoms with E-state index in [-0.39, 0.29) is 5.69 Å². The molecule has 0 aliphatic carbocycles. The van der Waals surface area contributed by atoms with Gasteiger partial charge in [0.1, 0.15) is 11.4 Å². The predicted octanol–water partition coefficient (Wildman–Crippen LogP) is 6.66. The van der Waals surface area contributed by atoms with Gasteiger partial charge in [-0.3, -0.25) is 4.90 Å². The van der Waals surface area contributed by atoms with E-state index in [1.54, 1.807) is 12.3 Å². The molecular formula is C31H26F2N4O. The van der Waals surface area contributed by atoms with E-state index in [1.165, 1.54) is 41.1 Å². The lowest BCUT2D eigenvalue weighted by atomic mass is 9.97. The average molecular weight is 509 g/mol. The Labute approximate surface area is 219 Å². The molecule has 0 unspecified atom stereocenters. The van der Waals surface area contributed by atoms with Crippen molar-refractivity contribution < 1.29 is 13.5 Å². The Morgan fingerprint density at radius 1 is 0.868 bits per heavy atom. The Kier molecular flexibility index (Phi) is 6.43. The minimum absolute atomic E-state index is 0.235. The molecule has 2 aromatic heterocycles. The number of hydrogen-bond donors (Lipinski definition) is 0. The summed E-state index contributed by atoms with van der Waals surface area (Å²) in [4.78, 5) is 6.75. The van der Waals surface area contributed by atoms with Crippen molar-refractivity contribution in [3.63, 3.8) is 0 Å². The molecule has 0 saturated carbocycles. The van der Waals surface area contributed by atoms with Gasteiger partial charge in [0.25, 0.3) is 0 Å². The van der Waals surface area contributed by atoms with Crippen LogP contribution in [0.4, 0.5) is 8.78 Å². The molecule has 1 aliphatic rings. The molecule has 0 amide bonds. The van der Waals surface area contributed by atoms with Crippen LogP contribution in [0.15, 0.2) is 91.1 Å². The minimum Gasteiger partial charge on any atom is -0.480 e. The van der Waals surface area contributed by atoms with E-state index in [2.05, 4.69) is 57.5 Å². The summed E-state index contributed by atoms with van der Waals surface area (Å²) >= 11 is 0. The van der Waals surface area contributed by atoms with Gasteiger partial charge in [0, 0.05) is 31.4 Å². The first-order chi connectivity index (χ1) is 18.6. The van der Waals surface area contributed by atoms with E-state index < -0.39 is 11.6 Å². The number of pyridine rings is 1. The molecule has 5 nitrogen and oxygen atoms in total. The van der Waals surface area contributed by atoms with E-state index >= 15 is 0 Å². The van der Waals surface area contributed by atoms with Crippen molar-refractivity contribution in [2.24, 2.45) is 0 Å². The highest BCUT2D eigenvalue weighted by atomic mass is 19.1. The molecule has 0 saturated heterocycles. The summed E-state index contributed by atoms with van der Waals surface area (Å²) in [6, 6.07) is 24.1. The summed E-state index contributed by atoms with van der Waals surface area (Å²) in [5.41, 5.74) is 5.41. The SMILES string of the molecule is COc1nccc2c1c(-c1ccc(C3=CCN(Cc4ccccc4)CC3)cc1)nn2-c1c(F)cccc1F. The number of fused-ring (bicyclic) bond motifs is 1.